The highest BCUT2D eigenvalue weighted by molar-refractivity contribution is 7.80. The molecule has 2 aliphatic heterocycles. The van der Waals surface area contributed by atoms with Crippen LogP contribution >= 0.6 is 12.2 Å². The third-order valence-corrected chi connectivity index (χ3v) is 5.16. The van der Waals surface area contributed by atoms with Gasteiger partial charge in [-0.1, -0.05) is 45.0 Å². The highest BCUT2D eigenvalue weighted by atomic mass is 32.1. The molecule has 0 bridgehead atoms. The number of nitrogens with zero attached hydrogens (tertiary/aromatic N) is 2. The molecule has 0 unspecified atom stereocenters. The van der Waals surface area contributed by atoms with Crippen molar-refractivity contribution in [3.8, 4) is 5.75 Å². The Kier molecular flexibility index (Phi) is 5.75. The van der Waals surface area contributed by atoms with Crippen LogP contribution in [0.4, 0.5) is 0 Å². The first-order valence-corrected chi connectivity index (χ1v) is 10.2. The van der Waals surface area contributed by atoms with E-state index < -0.39 is 0 Å². The number of likely N-dealkylation sites (N-methyl/N-ethyl adjacent to an activating group) is 2. The van der Waals surface area contributed by atoms with Gasteiger partial charge >= 0.3 is 0 Å². The van der Waals surface area contributed by atoms with Gasteiger partial charge in [0.2, 0.25) is 0 Å². The zero-order chi connectivity index (χ0) is 21.3. The van der Waals surface area contributed by atoms with Gasteiger partial charge < -0.3 is 4.74 Å². The lowest BCUT2D eigenvalue weighted by molar-refractivity contribution is -0.133. The average Bonchev–Trinajstić information content (AvgIpc) is 2.66. The van der Waals surface area contributed by atoms with Gasteiger partial charge in [-0.25, -0.2) is 0 Å². The third-order valence-electron chi connectivity index (χ3n) is 4.72. The fourth-order valence-electron chi connectivity index (χ4n) is 3.24. The Hall–Kier alpha value is -2.73. The van der Waals surface area contributed by atoms with Gasteiger partial charge in [-0.3, -0.25) is 19.4 Å². The summed E-state index contributed by atoms with van der Waals surface area (Å²) < 4.78 is 6.01. The van der Waals surface area contributed by atoms with Crippen molar-refractivity contribution in [2.45, 2.75) is 34.6 Å². The van der Waals surface area contributed by atoms with Crippen LogP contribution in [0.2, 0.25) is 0 Å². The van der Waals surface area contributed by atoms with E-state index in [4.69, 9.17) is 17.0 Å². The predicted molar refractivity (Wildman–Crippen MR) is 118 cm³/mol. The van der Waals surface area contributed by atoms with Crippen molar-refractivity contribution < 1.29 is 14.3 Å². The van der Waals surface area contributed by atoms with Crippen LogP contribution in [0.15, 0.2) is 53.8 Å². The first-order chi connectivity index (χ1) is 13.7. The van der Waals surface area contributed by atoms with E-state index in [2.05, 4.69) is 20.8 Å². The summed E-state index contributed by atoms with van der Waals surface area (Å²) in [6.45, 7) is 10.8. The smallest absolute Gasteiger partial charge is 0.266 e. The van der Waals surface area contributed by atoms with Crippen molar-refractivity contribution in [1.82, 2.24) is 9.80 Å². The predicted octanol–water partition coefficient (Wildman–Crippen LogP) is 4.31. The van der Waals surface area contributed by atoms with Crippen LogP contribution in [-0.4, -0.2) is 39.8 Å². The normalized spacial score (nSPS) is 17.7. The Morgan fingerprint density at radius 1 is 1.03 bits per heavy atom. The van der Waals surface area contributed by atoms with Crippen molar-refractivity contribution >= 4 is 34.7 Å². The van der Waals surface area contributed by atoms with Gasteiger partial charge in [0, 0.05) is 24.2 Å². The van der Waals surface area contributed by atoms with Gasteiger partial charge in [-0.05, 0) is 49.7 Å². The lowest BCUT2D eigenvalue weighted by atomic mass is 9.92. The van der Waals surface area contributed by atoms with Gasteiger partial charge in [0.25, 0.3) is 11.8 Å². The molecule has 0 spiro atoms. The average molecular weight is 411 g/mol. The summed E-state index contributed by atoms with van der Waals surface area (Å²) in [5.74, 6) is 0.468. The summed E-state index contributed by atoms with van der Waals surface area (Å²) in [6, 6.07) is 7.43. The Bertz CT molecular complexity index is 939. The largest absolute Gasteiger partial charge is 0.457 e. The maximum absolute atomic E-state index is 13.2. The van der Waals surface area contributed by atoms with E-state index in [9.17, 15) is 9.59 Å². The van der Waals surface area contributed by atoms with Crippen LogP contribution in [0.3, 0.4) is 0 Å². The van der Waals surface area contributed by atoms with Crippen molar-refractivity contribution in [3.63, 3.8) is 0 Å². The van der Waals surface area contributed by atoms with E-state index >= 15 is 0 Å². The monoisotopic (exact) mass is 410 g/mol. The Morgan fingerprint density at radius 2 is 1.62 bits per heavy atom. The van der Waals surface area contributed by atoms with Crippen LogP contribution in [-0.2, 0) is 9.59 Å². The van der Waals surface area contributed by atoms with Gasteiger partial charge in [0.15, 0.2) is 5.11 Å². The molecule has 2 aliphatic rings. The summed E-state index contributed by atoms with van der Waals surface area (Å²) in [7, 11) is 0. The van der Waals surface area contributed by atoms with Crippen LogP contribution in [0.25, 0.3) is 5.57 Å². The molecular formula is C23H26N2O3S. The second kappa shape index (κ2) is 7.95. The standard InChI is InChI=1S/C23H26N2O3S/c1-6-24-20(26)19(21(27)25(7-2)22(24)29)17-14-15(12-13-23(3,4)5)28-18-11-9-8-10-16(17)18/h8-14H,6-7H2,1-5H3/b13-12+. The van der Waals surface area contributed by atoms with Gasteiger partial charge in [-0.15, -0.1) is 0 Å². The lowest BCUT2D eigenvalue weighted by Crippen LogP contribution is -2.56. The first kappa shape index (κ1) is 21.0. The SMILES string of the molecule is CCN1C(=O)C(=C2C=C(/C=C/C(C)(C)C)Oc3ccccc32)C(=O)N(CC)C1=S. The summed E-state index contributed by atoms with van der Waals surface area (Å²) in [6.07, 6.45) is 5.69. The van der Waals surface area contributed by atoms with Crippen LogP contribution in [0.1, 0.15) is 40.2 Å². The number of ether oxygens (including phenoxy) is 1. The van der Waals surface area contributed by atoms with Crippen LogP contribution < -0.4 is 4.74 Å². The van der Waals surface area contributed by atoms with Crippen LogP contribution in [0.5, 0.6) is 5.75 Å². The summed E-state index contributed by atoms with van der Waals surface area (Å²) in [4.78, 5) is 29.4. The number of thiocarbonyl (C=S) groups is 1. The van der Waals surface area contributed by atoms with E-state index in [1.807, 2.05) is 50.3 Å². The van der Waals surface area contributed by atoms with Crippen molar-refractivity contribution in [2.75, 3.05) is 13.1 Å². The molecule has 29 heavy (non-hydrogen) atoms. The number of hydrogen-bond donors (Lipinski definition) is 0. The minimum atomic E-state index is -0.366. The van der Waals surface area contributed by atoms with Gasteiger partial charge in [-0.2, -0.15) is 0 Å². The van der Waals surface area contributed by atoms with E-state index in [1.54, 1.807) is 6.08 Å². The van der Waals surface area contributed by atoms with Crippen LogP contribution in [0, 0.1) is 5.41 Å². The molecule has 0 aromatic heterocycles. The number of para-hydroxylation sites is 1. The molecule has 2 heterocycles. The number of benzene rings is 1. The minimum absolute atomic E-state index is 0.0326. The summed E-state index contributed by atoms with van der Waals surface area (Å²) in [5, 5.41) is 0.256. The molecule has 152 valence electrons. The number of carbonyl (C=O) groups is 2. The van der Waals surface area contributed by atoms with E-state index in [1.165, 1.54) is 9.80 Å². The van der Waals surface area contributed by atoms with E-state index in [0.717, 1.165) is 5.56 Å². The van der Waals surface area contributed by atoms with Crippen molar-refractivity contribution in [2.24, 2.45) is 5.41 Å². The minimum Gasteiger partial charge on any atom is -0.457 e. The zero-order valence-corrected chi connectivity index (χ0v) is 18.3. The Balaban J connectivity index is 2.23. The number of carbonyl (C=O) groups excluding carboxylic acids is 2. The lowest BCUT2D eigenvalue weighted by Gasteiger charge is -2.36. The topological polar surface area (TPSA) is 49.9 Å². The molecule has 1 fully saturated rings. The second-order valence-corrected chi connectivity index (χ2v) is 8.38. The number of allylic oxidation sites excluding steroid dienone is 4. The molecule has 2 amide bonds. The Morgan fingerprint density at radius 3 is 2.17 bits per heavy atom. The first-order valence-electron chi connectivity index (χ1n) is 9.78. The number of hydrogen-bond acceptors (Lipinski definition) is 4. The second-order valence-electron chi connectivity index (χ2n) is 8.01. The molecule has 1 saturated heterocycles. The molecule has 5 nitrogen and oxygen atoms in total. The zero-order valence-electron chi connectivity index (χ0n) is 17.5. The molecule has 0 N–H and O–H groups in total. The maximum Gasteiger partial charge on any atom is 0.266 e. The van der Waals surface area contributed by atoms with Crippen molar-refractivity contribution in [1.29, 1.82) is 0 Å². The molecule has 6 heteroatoms. The molecule has 0 radical (unpaired) electrons. The van der Waals surface area contributed by atoms with Gasteiger partial charge in [0.05, 0.1) is 0 Å². The summed E-state index contributed by atoms with van der Waals surface area (Å²) >= 11 is 5.38. The highest BCUT2D eigenvalue weighted by Crippen LogP contribution is 2.38. The molecular weight excluding hydrogens is 384 g/mol. The molecule has 3 rings (SSSR count). The number of fused-ring (bicyclic) bond motifs is 1. The summed E-state index contributed by atoms with van der Waals surface area (Å²) in [5.41, 5.74) is 1.38. The van der Waals surface area contributed by atoms with Gasteiger partial charge in [0.1, 0.15) is 17.1 Å². The van der Waals surface area contributed by atoms with Crippen molar-refractivity contribution in [3.05, 3.63) is 59.4 Å². The number of amides is 2. The molecule has 1 aromatic carbocycles. The highest BCUT2D eigenvalue weighted by Gasteiger charge is 2.40. The van der Waals surface area contributed by atoms with E-state index in [0.29, 0.717) is 30.2 Å². The quantitative estimate of drug-likeness (QED) is 0.423. The van der Waals surface area contributed by atoms with E-state index in [-0.39, 0.29) is 27.9 Å². The maximum atomic E-state index is 13.2. The number of rotatable bonds is 3. The molecule has 1 aromatic rings. The fraction of sp³-hybridized carbons (Fsp3) is 0.348. The molecule has 0 aliphatic carbocycles. The molecule has 0 saturated carbocycles. The third kappa shape index (κ3) is 4.03. The molecule has 0 atom stereocenters. The fourth-order valence-corrected chi connectivity index (χ4v) is 3.67. The Labute approximate surface area is 177 Å².